The van der Waals surface area contributed by atoms with Gasteiger partial charge in [-0.3, -0.25) is 9.89 Å². The number of aromatic amines is 1. The quantitative estimate of drug-likeness (QED) is 0.743. The molecule has 3 rings (SSSR count). The molecule has 29 heavy (non-hydrogen) atoms. The molecule has 0 spiro atoms. The van der Waals surface area contributed by atoms with Crippen LogP contribution in [0, 0.1) is 5.82 Å². The Labute approximate surface area is 171 Å². The van der Waals surface area contributed by atoms with Crippen molar-refractivity contribution in [3.05, 3.63) is 41.8 Å². The molecule has 1 amide bonds. The molecule has 1 aliphatic heterocycles. The molecule has 1 unspecified atom stereocenters. The number of carbonyl (C=O) groups excluding carboxylic acids is 1. The summed E-state index contributed by atoms with van der Waals surface area (Å²) in [5, 5.41) is 7.24. The number of aromatic nitrogens is 2. The molecule has 9 heteroatoms. The highest BCUT2D eigenvalue weighted by Gasteiger charge is 2.35. The Kier molecular flexibility index (Phi) is 6.69. The highest BCUT2D eigenvalue weighted by Crippen LogP contribution is 2.22. The number of piperidine rings is 1. The molecule has 1 atom stereocenters. The number of benzene rings is 1. The van der Waals surface area contributed by atoms with Crippen LogP contribution in [0.1, 0.15) is 31.4 Å². The van der Waals surface area contributed by atoms with Gasteiger partial charge in [-0.05, 0) is 56.0 Å². The second-order valence-corrected chi connectivity index (χ2v) is 9.47. The van der Waals surface area contributed by atoms with Gasteiger partial charge < -0.3 is 4.90 Å². The topological polar surface area (TPSA) is 86.4 Å². The van der Waals surface area contributed by atoms with Crippen LogP contribution in [-0.2, 0) is 21.2 Å². The lowest BCUT2D eigenvalue weighted by Gasteiger charge is -2.35. The first-order valence-electron chi connectivity index (χ1n) is 9.78. The van der Waals surface area contributed by atoms with Crippen LogP contribution in [0.4, 0.5) is 4.39 Å². The van der Waals surface area contributed by atoms with E-state index >= 15 is 0 Å². The zero-order valence-corrected chi connectivity index (χ0v) is 17.6. The summed E-state index contributed by atoms with van der Waals surface area (Å²) in [6, 6.07) is 7.48. The molecule has 0 aliphatic carbocycles. The van der Waals surface area contributed by atoms with E-state index in [1.165, 1.54) is 16.4 Å². The molecule has 1 N–H and O–H groups in total. The lowest BCUT2D eigenvalue weighted by molar-refractivity contribution is -0.134. The Morgan fingerprint density at radius 3 is 2.72 bits per heavy atom. The summed E-state index contributed by atoms with van der Waals surface area (Å²) in [5.41, 5.74) is 2.51. The Balaban J connectivity index is 1.53. The standard InChI is InChI=1S/C20H27FN4O3S/c1-24(20(26)19-7-3-4-13-25(19)29(2,27)28)12-5-6-17-14-18(23-22-17)15-8-10-16(21)11-9-15/h8-11,14,19H,3-7,12-13H2,1-2H3,(H,22,23). The van der Waals surface area contributed by atoms with E-state index in [-0.39, 0.29) is 11.7 Å². The lowest BCUT2D eigenvalue weighted by Crippen LogP contribution is -2.52. The molecular weight excluding hydrogens is 395 g/mol. The number of halogens is 1. The fraction of sp³-hybridized carbons (Fsp3) is 0.500. The summed E-state index contributed by atoms with van der Waals surface area (Å²) < 4.78 is 38.3. The van der Waals surface area contributed by atoms with E-state index in [0.29, 0.717) is 25.9 Å². The zero-order valence-electron chi connectivity index (χ0n) is 16.8. The second kappa shape index (κ2) is 9.04. The summed E-state index contributed by atoms with van der Waals surface area (Å²) in [6.45, 7) is 0.932. The Bertz CT molecular complexity index is 943. The predicted molar refractivity (Wildman–Crippen MR) is 109 cm³/mol. The number of aryl methyl sites for hydroxylation is 1. The average Bonchev–Trinajstić information content (AvgIpc) is 3.16. The highest BCUT2D eigenvalue weighted by atomic mass is 32.2. The van der Waals surface area contributed by atoms with Gasteiger partial charge in [-0.15, -0.1) is 0 Å². The van der Waals surface area contributed by atoms with Crippen molar-refractivity contribution < 1.29 is 17.6 Å². The number of hydrogen-bond acceptors (Lipinski definition) is 4. The molecule has 1 fully saturated rings. The molecule has 1 saturated heterocycles. The number of nitrogens with one attached hydrogen (secondary N) is 1. The van der Waals surface area contributed by atoms with Crippen molar-refractivity contribution >= 4 is 15.9 Å². The Morgan fingerprint density at radius 2 is 2.03 bits per heavy atom. The fourth-order valence-corrected chi connectivity index (χ4v) is 4.80. The van der Waals surface area contributed by atoms with Crippen molar-refractivity contribution in [3.63, 3.8) is 0 Å². The molecule has 1 aromatic heterocycles. The molecule has 0 saturated carbocycles. The molecule has 0 radical (unpaired) electrons. The molecule has 7 nitrogen and oxygen atoms in total. The van der Waals surface area contributed by atoms with Gasteiger partial charge in [0.05, 0.1) is 11.9 Å². The first-order valence-corrected chi connectivity index (χ1v) is 11.6. The maximum absolute atomic E-state index is 13.0. The molecular formula is C20H27FN4O3S. The molecule has 2 heterocycles. The van der Waals surface area contributed by atoms with Gasteiger partial charge in [0.2, 0.25) is 15.9 Å². The lowest BCUT2D eigenvalue weighted by atomic mass is 10.0. The van der Waals surface area contributed by atoms with Crippen LogP contribution < -0.4 is 0 Å². The van der Waals surface area contributed by atoms with Crippen LogP contribution in [0.3, 0.4) is 0 Å². The number of hydrogen-bond donors (Lipinski definition) is 1. The van der Waals surface area contributed by atoms with E-state index < -0.39 is 16.1 Å². The summed E-state index contributed by atoms with van der Waals surface area (Å²) in [5.74, 6) is -0.434. The third kappa shape index (κ3) is 5.42. The molecule has 1 aromatic carbocycles. The second-order valence-electron chi connectivity index (χ2n) is 7.53. The number of rotatable bonds is 7. The normalized spacial score (nSPS) is 18.0. The number of nitrogens with zero attached hydrogens (tertiary/aromatic N) is 3. The maximum Gasteiger partial charge on any atom is 0.240 e. The average molecular weight is 423 g/mol. The number of H-pyrrole nitrogens is 1. The first kappa shape index (κ1) is 21.4. The van der Waals surface area contributed by atoms with Crippen molar-refractivity contribution in [3.8, 4) is 11.3 Å². The van der Waals surface area contributed by atoms with Crippen molar-refractivity contribution in [1.29, 1.82) is 0 Å². The van der Waals surface area contributed by atoms with Gasteiger partial charge in [-0.25, -0.2) is 12.8 Å². The van der Waals surface area contributed by atoms with Gasteiger partial charge in [-0.1, -0.05) is 6.42 Å². The van der Waals surface area contributed by atoms with Crippen LogP contribution in [0.15, 0.2) is 30.3 Å². The zero-order chi connectivity index (χ0) is 21.0. The summed E-state index contributed by atoms with van der Waals surface area (Å²) in [4.78, 5) is 14.4. The SMILES string of the molecule is CN(CCCc1cc(-c2ccc(F)cc2)n[nH]1)C(=O)C1CCCCN1S(C)(=O)=O. The van der Waals surface area contributed by atoms with E-state index in [4.69, 9.17) is 0 Å². The van der Waals surface area contributed by atoms with E-state index in [0.717, 1.165) is 42.5 Å². The van der Waals surface area contributed by atoms with Crippen LogP contribution in [0.25, 0.3) is 11.3 Å². The number of carbonyl (C=O) groups is 1. The highest BCUT2D eigenvalue weighted by molar-refractivity contribution is 7.88. The van der Waals surface area contributed by atoms with Gasteiger partial charge in [0.1, 0.15) is 11.9 Å². The van der Waals surface area contributed by atoms with Crippen molar-refractivity contribution in [2.75, 3.05) is 26.4 Å². The van der Waals surface area contributed by atoms with Gasteiger partial charge in [0, 0.05) is 31.4 Å². The van der Waals surface area contributed by atoms with Crippen LogP contribution >= 0.6 is 0 Å². The summed E-state index contributed by atoms with van der Waals surface area (Å²) in [6.07, 6.45) is 4.80. The van der Waals surface area contributed by atoms with E-state index in [9.17, 15) is 17.6 Å². The first-order chi connectivity index (χ1) is 13.8. The minimum Gasteiger partial charge on any atom is -0.344 e. The third-order valence-corrected chi connectivity index (χ3v) is 6.54. The number of amides is 1. The third-order valence-electron chi connectivity index (χ3n) is 5.25. The summed E-state index contributed by atoms with van der Waals surface area (Å²) in [7, 11) is -1.68. The van der Waals surface area contributed by atoms with Crippen molar-refractivity contribution in [2.45, 2.75) is 38.1 Å². The molecule has 0 bridgehead atoms. The van der Waals surface area contributed by atoms with E-state index in [2.05, 4.69) is 10.2 Å². The Morgan fingerprint density at radius 1 is 1.31 bits per heavy atom. The molecule has 1 aliphatic rings. The van der Waals surface area contributed by atoms with Crippen molar-refractivity contribution in [2.24, 2.45) is 0 Å². The van der Waals surface area contributed by atoms with Gasteiger partial charge in [0.15, 0.2) is 0 Å². The number of sulfonamides is 1. The van der Waals surface area contributed by atoms with E-state index in [1.54, 1.807) is 24.1 Å². The smallest absolute Gasteiger partial charge is 0.240 e. The monoisotopic (exact) mass is 422 g/mol. The summed E-state index contributed by atoms with van der Waals surface area (Å²) >= 11 is 0. The van der Waals surface area contributed by atoms with Gasteiger partial charge in [0.25, 0.3) is 0 Å². The minimum atomic E-state index is -3.39. The van der Waals surface area contributed by atoms with Crippen LogP contribution in [0.2, 0.25) is 0 Å². The van der Waals surface area contributed by atoms with Crippen LogP contribution in [-0.4, -0.2) is 66.2 Å². The molecule has 158 valence electrons. The predicted octanol–water partition coefficient (Wildman–Crippen LogP) is 2.42. The molecule has 2 aromatic rings. The van der Waals surface area contributed by atoms with E-state index in [1.807, 2.05) is 6.07 Å². The van der Waals surface area contributed by atoms with Crippen LogP contribution in [0.5, 0.6) is 0 Å². The van der Waals surface area contributed by atoms with Crippen molar-refractivity contribution in [1.82, 2.24) is 19.4 Å². The maximum atomic E-state index is 13.0. The minimum absolute atomic E-state index is 0.147. The fourth-order valence-electron chi connectivity index (χ4n) is 3.68. The Hall–Kier alpha value is -2.26. The van der Waals surface area contributed by atoms with Gasteiger partial charge in [-0.2, -0.15) is 9.40 Å². The number of likely N-dealkylation sites (N-methyl/N-ethyl adjacent to an activating group) is 1. The largest absolute Gasteiger partial charge is 0.344 e. The van der Waals surface area contributed by atoms with Gasteiger partial charge >= 0.3 is 0 Å².